The zero-order valence-corrected chi connectivity index (χ0v) is 21.2. The van der Waals surface area contributed by atoms with Gasteiger partial charge in [-0.15, -0.1) is 0 Å². The molecular formula is C27H31N5O3S. The molecule has 0 spiro atoms. The van der Waals surface area contributed by atoms with Crippen LogP contribution < -0.4 is 5.32 Å². The van der Waals surface area contributed by atoms with Crippen LogP contribution in [-0.2, 0) is 9.47 Å². The Bertz CT molecular complexity index is 1180. The number of nitrogens with one attached hydrogen (secondary N) is 1. The number of aromatic nitrogens is 2. The third kappa shape index (κ3) is 5.13. The van der Waals surface area contributed by atoms with Crippen LogP contribution in [0.5, 0.6) is 0 Å². The van der Waals surface area contributed by atoms with E-state index in [4.69, 9.17) is 21.7 Å². The van der Waals surface area contributed by atoms with E-state index in [9.17, 15) is 4.79 Å². The van der Waals surface area contributed by atoms with Gasteiger partial charge in [0, 0.05) is 50.0 Å². The molecule has 36 heavy (non-hydrogen) atoms. The molecule has 5 rings (SSSR count). The molecule has 0 radical (unpaired) electrons. The Morgan fingerprint density at radius 2 is 1.92 bits per heavy atom. The Kier molecular flexibility index (Phi) is 7.60. The van der Waals surface area contributed by atoms with E-state index in [1.165, 1.54) is 7.11 Å². The summed E-state index contributed by atoms with van der Waals surface area (Å²) in [6, 6.07) is 17.5. The summed E-state index contributed by atoms with van der Waals surface area (Å²) in [5, 5.41) is 4.29. The maximum absolute atomic E-state index is 11.9. The Balaban J connectivity index is 1.43. The minimum absolute atomic E-state index is 0.0348. The number of esters is 1. The van der Waals surface area contributed by atoms with Crippen molar-refractivity contribution in [2.24, 2.45) is 0 Å². The normalized spacial score (nSPS) is 20.4. The van der Waals surface area contributed by atoms with Gasteiger partial charge >= 0.3 is 5.97 Å². The topological polar surface area (TPSA) is 71.9 Å². The van der Waals surface area contributed by atoms with Crippen LogP contribution >= 0.6 is 12.2 Å². The molecule has 2 saturated heterocycles. The maximum Gasteiger partial charge on any atom is 0.337 e. The molecule has 0 saturated carbocycles. The summed E-state index contributed by atoms with van der Waals surface area (Å²) in [4.78, 5) is 21.3. The number of rotatable bonds is 8. The number of thiocarbonyl (C=S) groups is 1. The lowest BCUT2D eigenvalue weighted by molar-refractivity contribution is 0.0365. The monoisotopic (exact) mass is 505 g/mol. The highest BCUT2D eigenvalue weighted by Crippen LogP contribution is 2.39. The lowest BCUT2D eigenvalue weighted by Gasteiger charge is -2.31. The predicted octanol–water partition coefficient (Wildman–Crippen LogP) is 3.35. The molecular weight excluding hydrogens is 474 g/mol. The fourth-order valence-electron chi connectivity index (χ4n) is 5.00. The first kappa shape index (κ1) is 24.4. The molecule has 2 unspecified atom stereocenters. The van der Waals surface area contributed by atoms with Crippen molar-refractivity contribution < 1.29 is 14.3 Å². The summed E-state index contributed by atoms with van der Waals surface area (Å²) in [5.41, 5.74) is 3.55. The number of carbonyl (C=O) groups excluding carboxylic acids is 1. The van der Waals surface area contributed by atoms with Crippen LogP contribution in [-0.4, -0.2) is 76.9 Å². The average Bonchev–Trinajstić information content (AvgIpc) is 3.54. The first-order chi connectivity index (χ1) is 17.7. The van der Waals surface area contributed by atoms with Crippen molar-refractivity contribution in [1.82, 2.24) is 24.7 Å². The number of benzene rings is 1. The van der Waals surface area contributed by atoms with E-state index >= 15 is 0 Å². The molecule has 2 fully saturated rings. The third-order valence-corrected chi connectivity index (χ3v) is 7.18. The molecule has 0 bridgehead atoms. The molecule has 0 aliphatic carbocycles. The second-order valence-electron chi connectivity index (χ2n) is 8.97. The van der Waals surface area contributed by atoms with Gasteiger partial charge in [0.2, 0.25) is 0 Å². The van der Waals surface area contributed by atoms with E-state index in [0.29, 0.717) is 5.56 Å². The highest BCUT2D eigenvalue weighted by molar-refractivity contribution is 7.80. The van der Waals surface area contributed by atoms with Gasteiger partial charge in [0.25, 0.3) is 0 Å². The van der Waals surface area contributed by atoms with Gasteiger partial charge in [0.15, 0.2) is 5.11 Å². The van der Waals surface area contributed by atoms with Crippen LogP contribution in [0.25, 0.3) is 5.69 Å². The number of methoxy groups -OCH3 is 1. The van der Waals surface area contributed by atoms with Crippen molar-refractivity contribution in [3.63, 3.8) is 0 Å². The second kappa shape index (κ2) is 11.2. The van der Waals surface area contributed by atoms with Crippen LogP contribution in [0.2, 0.25) is 0 Å². The van der Waals surface area contributed by atoms with E-state index in [-0.39, 0.29) is 18.1 Å². The van der Waals surface area contributed by atoms with Gasteiger partial charge in [-0.2, -0.15) is 0 Å². The lowest BCUT2D eigenvalue weighted by Crippen LogP contribution is -2.39. The quantitative estimate of drug-likeness (QED) is 0.369. The standard InChI is InChI=1S/C27H31N5O3S/c1-34-26(33)20-8-10-21(11-9-20)31-14-4-7-23(31)25-24(22-6-2-3-12-28-22)29-27(36)32(25)15-5-13-30-16-18-35-19-17-30/h2-4,6-12,14,24-25H,5,13,15-19H2,1H3,(H,29,36). The molecule has 8 nitrogen and oxygen atoms in total. The third-order valence-electron chi connectivity index (χ3n) is 6.82. The summed E-state index contributed by atoms with van der Waals surface area (Å²) in [6.07, 6.45) is 4.87. The zero-order valence-electron chi connectivity index (χ0n) is 20.4. The molecule has 4 heterocycles. The van der Waals surface area contributed by atoms with Crippen molar-refractivity contribution in [3.05, 3.63) is 83.9 Å². The fraction of sp³-hybridized carbons (Fsp3) is 0.370. The number of nitrogens with zero attached hydrogens (tertiary/aromatic N) is 4. The SMILES string of the molecule is COC(=O)c1ccc(-n2cccc2C2C(c3ccccn3)NC(=S)N2CCCN2CCOCC2)cc1. The number of pyridine rings is 1. The summed E-state index contributed by atoms with van der Waals surface area (Å²) >= 11 is 5.85. The largest absolute Gasteiger partial charge is 0.465 e. The van der Waals surface area contributed by atoms with Gasteiger partial charge in [-0.3, -0.25) is 9.88 Å². The summed E-state index contributed by atoms with van der Waals surface area (Å²) in [7, 11) is 1.39. The van der Waals surface area contributed by atoms with E-state index < -0.39 is 0 Å². The molecule has 2 aromatic heterocycles. The van der Waals surface area contributed by atoms with Gasteiger partial charge in [-0.1, -0.05) is 6.07 Å². The van der Waals surface area contributed by atoms with Gasteiger partial charge in [-0.25, -0.2) is 4.79 Å². The van der Waals surface area contributed by atoms with Crippen LogP contribution in [0.1, 0.15) is 40.3 Å². The van der Waals surface area contributed by atoms with Gasteiger partial charge < -0.3 is 24.3 Å². The molecule has 188 valence electrons. The van der Waals surface area contributed by atoms with Crippen LogP contribution in [0.3, 0.4) is 0 Å². The molecule has 3 aromatic rings. The average molecular weight is 506 g/mol. The molecule has 2 atom stereocenters. The highest BCUT2D eigenvalue weighted by Gasteiger charge is 2.41. The summed E-state index contributed by atoms with van der Waals surface area (Å²) in [5.74, 6) is -0.346. The van der Waals surface area contributed by atoms with Crippen molar-refractivity contribution in [3.8, 4) is 5.69 Å². The van der Waals surface area contributed by atoms with E-state index in [1.807, 2.05) is 48.8 Å². The molecule has 1 aromatic carbocycles. The Morgan fingerprint density at radius 3 is 2.64 bits per heavy atom. The smallest absolute Gasteiger partial charge is 0.337 e. The molecule has 9 heteroatoms. The van der Waals surface area contributed by atoms with E-state index in [0.717, 1.165) is 68.0 Å². The first-order valence-corrected chi connectivity index (χ1v) is 12.7. The van der Waals surface area contributed by atoms with Crippen molar-refractivity contribution >= 4 is 23.3 Å². The summed E-state index contributed by atoms with van der Waals surface area (Å²) < 4.78 is 12.5. The van der Waals surface area contributed by atoms with Gasteiger partial charge in [0.05, 0.1) is 43.7 Å². The Morgan fingerprint density at radius 1 is 1.11 bits per heavy atom. The van der Waals surface area contributed by atoms with Gasteiger partial charge in [-0.05, 0) is 67.2 Å². The first-order valence-electron chi connectivity index (χ1n) is 12.3. The molecule has 0 amide bonds. The van der Waals surface area contributed by atoms with Crippen molar-refractivity contribution in [2.45, 2.75) is 18.5 Å². The molecule has 1 N–H and O–H groups in total. The van der Waals surface area contributed by atoms with Crippen molar-refractivity contribution in [2.75, 3.05) is 46.5 Å². The van der Waals surface area contributed by atoms with Crippen molar-refractivity contribution in [1.29, 1.82) is 0 Å². The number of hydrogen-bond acceptors (Lipinski definition) is 6. The highest BCUT2D eigenvalue weighted by atomic mass is 32.1. The summed E-state index contributed by atoms with van der Waals surface area (Å²) in [6.45, 7) is 5.41. The van der Waals surface area contributed by atoms with Crippen LogP contribution in [0.15, 0.2) is 67.0 Å². The molecule has 2 aliphatic rings. The molecule has 2 aliphatic heterocycles. The zero-order chi connectivity index (χ0) is 24.9. The Labute approximate surface area is 216 Å². The fourth-order valence-corrected chi connectivity index (χ4v) is 5.34. The van der Waals surface area contributed by atoms with Crippen LogP contribution in [0.4, 0.5) is 0 Å². The van der Waals surface area contributed by atoms with E-state index in [1.54, 1.807) is 12.1 Å². The second-order valence-corrected chi connectivity index (χ2v) is 9.36. The number of carbonyl (C=O) groups is 1. The minimum atomic E-state index is -0.346. The number of morpholine rings is 1. The van der Waals surface area contributed by atoms with Gasteiger partial charge in [0.1, 0.15) is 0 Å². The predicted molar refractivity (Wildman–Crippen MR) is 141 cm³/mol. The van der Waals surface area contributed by atoms with E-state index in [2.05, 4.69) is 30.7 Å². The maximum atomic E-state index is 11.9. The Hall–Kier alpha value is -3.27. The minimum Gasteiger partial charge on any atom is -0.465 e. The number of hydrogen-bond donors (Lipinski definition) is 1. The lowest BCUT2D eigenvalue weighted by atomic mass is 10.0. The van der Waals surface area contributed by atoms with Crippen LogP contribution in [0, 0.1) is 0 Å². The number of ether oxygens (including phenoxy) is 2.